The van der Waals surface area contributed by atoms with Gasteiger partial charge in [0.2, 0.25) is 0 Å². The van der Waals surface area contributed by atoms with Crippen LogP contribution in [0.3, 0.4) is 0 Å². The Labute approximate surface area is 113 Å². The van der Waals surface area contributed by atoms with Crippen molar-refractivity contribution < 1.29 is 9.53 Å². The molecule has 0 spiro atoms. The molecule has 1 unspecified atom stereocenters. The minimum atomic E-state index is -0.132. The van der Waals surface area contributed by atoms with Gasteiger partial charge < -0.3 is 10.1 Å². The van der Waals surface area contributed by atoms with Gasteiger partial charge in [-0.1, -0.05) is 18.6 Å². The number of nitriles is 1. The number of nitrogens with zero attached hydrogens (tertiary/aromatic N) is 1. The van der Waals surface area contributed by atoms with E-state index in [0.29, 0.717) is 17.2 Å². The van der Waals surface area contributed by atoms with Crippen LogP contribution < -0.4 is 10.1 Å². The zero-order valence-electron chi connectivity index (χ0n) is 11.1. The lowest BCUT2D eigenvalue weighted by Crippen LogP contribution is -2.42. The lowest BCUT2D eigenvalue weighted by Gasteiger charge is -2.31. The highest BCUT2D eigenvalue weighted by Crippen LogP contribution is 2.29. The lowest BCUT2D eigenvalue weighted by molar-refractivity contribution is -0.124. The van der Waals surface area contributed by atoms with Crippen LogP contribution in [0.5, 0.6) is 5.75 Å². The van der Waals surface area contributed by atoms with E-state index >= 15 is 0 Å². The van der Waals surface area contributed by atoms with E-state index in [-0.39, 0.29) is 18.6 Å². The van der Waals surface area contributed by atoms with Gasteiger partial charge in [0, 0.05) is 6.04 Å². The van der Waals surface area contributed by atoms with Crippen molar-refractivity contribution in [2.45, 2.75) is 32.2 Å². The molecule has 1 amide bonds. The highest BCUT2D eigenvalue weighted by atomic mass is 16.5. The Kier molecular flexibility index (Phi) is 4.40. The Bertz CT molecular complexity index is 489. The summed E-state index contributed by atoms with van der Waals surface area (Å²) in [6, 6.07) is 9.16. The monoisotopic (exact) mass is 258 g/mol. The topological polar surface area (TPSA) is 62.1 Å². The van der Waals surface area contributed by atoms with Crippen LogP contribution in [0, 0.1) is 17.2 Å². The van der Waals surface area contributed by atoms with Gasteiger partial charge in [-0.3, -0.25) is 4.79 Å². The van der Waals surface area contributed by atoms with Crippen LogP contribution in [-0.4, -0.2) is 18.6 Å². The molecule has 0 aliphatic heterocycles. The fourth-order valence-corrected chi connectivity index (χ4v) is 2.18. The first-order valence-corrected chi connectivity index (χ1v) is 6.62. The SMILES string of the molecule is CC(NC(=O)COc1ccccc1C#N)C1CCC1. The van der Waals surface area contributed by atoms with E-state index in [2.05, 4.69) is 5.32 Å². The number of carbonyl (C=O) groups excluding carboxylic acids is 1. The molecule has 1 aromatic rings. The Hall–Kier alpha value is -2.02. The summed E-state index contributed by atoms with van der Waals surface area (Å²) in [7, 11) is 0. The minimum Gasteiger partial charge on any atom is -0.482 e. The van der Waals surface area contributed by atoms with Crippen molar-refractivity contribution >= 4 is 5.91 Å². The van der Waals surface area contributed by atoms with Gasteiger partial charge in [0.25, 0.3) is 5.91 Å². The molecule has 100 valence electrons. The molecule has 1 aliphatic rings. The average molecular weight is 258 g/mol. The fraction of sp³-hybridized carbons (Fsp3) is 0.467. The second-order valence-electron chi connectivity index (χ2n) is 4.94. The minimum absolute atomic E-state index is 0.0459. The molecule has 0 saturated heterocycles. The van der Waals surface area contributed by atoms with Crippen molar-refractivity contribution in [3.8, 4) is 11.8 Å². The second-order valence-corrected chi connectivity index (χ2v) is 4.94. The third-order valence-corrected chi connectivity index (χ3v) is 3.61. The maximum absolute atomic E-state index is 11.8. The highest BCUT2D eigenvalue weighted by Gasteiger charge is 2.24. The smallest absolute Gasteiger partial charge is 0.258 e. The van der Waals surface area contributed by atoms with E-state index in [4.69, 9.17) is 10.00 Å². The molecule has 0 bridgehead atoms. The number of rotatable bonds is 5. The number of hydrogen-bond donors (Lipinski definition) is 1. The van der Waals surface area contributed by atoms with Crippen LogP contribution in [0.2, 0.25) is 0 Å². The molecule has 0 heterocycles. The zero-order chi connectivity index (χ0) is 13.7. The van der Waals surface area contributed by atoms with Crippen LogP contribution >= 0.6 is 0 Å². The number of ether oxygens (including phenoxy) is 1. The summed E-state index contributed by atoms with van der Waals surface area (Å²) in [5, 5.41) is 11.9. The first kappa shape index (κ1) is 13.4. The molecule has 2 rings (SSSR count). The van der Waals surface area contributed by atoms with E-state index in [9.17, 15) is 4.79 Å². The maximum Gasteiger partial charge on any atom is 0.258 e. The third-order valence-electron chi connectivity index (χ3n) is 3.61. The van der Waals surface area contributed by atoms with Gasteiger partial charge in [-0.2, -0.15) is 5.26 Å². The summed E-state index contributed by atoms with van der Waals surface area (Å²) in [4.78, 5) is 11.8. The van der Waals surface area contributed by atoms with Crippen LogP contribution in [0.4, 0.5) is 0 Å². The average Bonchev–Trinajstić information content (AvgIpc) is 2.34. The number of carbonyl (C=O) groups is 1. The van der Waals surface area contributed by atoms with Gasteiger partial charge >= 0.3 is 0 Å². The summed E-state index contributed by atoms with van der Waals surface area (Å²) in [5.41, 5.74) is 0.447. The van der Waals surface area contributed by atoms with Gasteiger partial charge in [-0.25, -0.2) is 0 Å². The van der Waals surface area contributed by atoms with Crippen molar-refractivity contribution in [1.29, 1.82) is 5.26 Å². The first-order chi connectivity index (χ1) is 9.20. The molecule has 1 N–H and O–H groups in total. The Morgan fingerprint density at radius 1 is 1.53 bits per heavy atom. The summed E-state index contributed by atoms with van der Waals surface area (Å²) in [6.07, 6.45) is 3.65. The number of benzene rings is 1. The van der Waals surface area contributed by atoms with Gasteiger partial charge in [0.15, 0.2) is 6.61 Å². The van der Waals surface area contributed by atoms with Gasteiger partial charge in [-0.05, 0) is 37.8 Å². The second kappa shape index (κ2) is 6.24. The largest absolute Gasteiger partial charge is 0.482 e. The molecule has 1 saturated carbocycles. The Balaban J connectivity index is 1.81. The van der Waals surface area contributed by atoms with Crippen molar-refractivity contribution in [3.63, 3.8) is 0 Å². The molecule has 0 aromatic heterocycles. The molecule has 1 aliphatic carbocycles. The predicted octanol–water partition coefficient (Wildman–Crippen LogP) is 2.24. The number of para-hydroxylation sites is 1. The van der Waals surface area contributed by atoms with Crippen molar-refractivity contribution in [2.24, 2.45) is 5.92 Å². The molecule has 0 radical (unpaired) electrons. The first-order valence-electron chi connectivity index (χ1n) is 6.62. The van der Waals surface area contributed by atoms with Crippen LogP contribution in [0.25, 0.3) is 0 Å². The third kappa shape index (κ3) is 3.47. The normalized spacial score (nSPS) is 16.0. The molecular formula is C15H18N2O2. The van der Waals surface area contributed by atoms with Crippen molar-refractivity contribution in [2.75, 3.05) is 6.61 Å². The summed E-state index contributed by atoms with van der Waals surface area (Å²) >= 11 is 0. The van der Waals surface area contributed by atoms with Gasteiger partial charge in [0.05, 0.1) is 5.56 Å². The highest BCUT2D eigenvalue weighted by molar-refractivity contribution is 5.77. The molecule has 4 heteroatoms. The number of amides is 1. The predicted molar refractivity (Wildman–Crippen MR) is 71.6 cm³/mol. The molecule has 1 fully saturated rings. The fourth-order valence-electron chi connectivity index (χ4n) is 2.18. The molecule has 19 heavy (non-hydrogen) atoms. The summed E-state index contributed by atoms with van der Waals surface area (Å²) < 4.78 is 5.39. The van der Waals surface area contributed by atoms with Crippen LogP contribution in [0.1, 0.15) is 31.7 Å². The van der Waals surface area contributed by atoms with Crippen molar-refractivity contribution in [3.05, 3.63) is 29.8 Å². The van der Waals surface area contributed by atoms with Gasteiger partial charge in [0.1, 0.15) is 11.8 Å². The van der Waals surface area contributed by atoms with E-state index in [1.807, 2.05) is 13.0 Å². The maximum atomic E-state index is 11.8. The summed E-state index contributed by atoms with van der Waals surface area (Å²) in [5.74, 6) is 0.930. The Morgan fingerprint density at radius 2 is 2.26 bits per heavy atom. The zero-order valence-corrected chi connectivity index (χ0v) is 11.1. The van der Waals surface area contributed by atoms with Gasteiger partial charge in [-0.15, -0.1) is 0 Å². The standard InChI is InChI=1S/C15H18N2O2/c1-11(12-6-4-7-12)17-15(18)10-19-14-8-3-2-5-13(14)9-16/h2-3,5,8,11-12H,4,6-7,10H2,1H3,(H,17,18). The van der Waals surface area contributed by atoms with E-state index in [1.165, 1.54) is 19.3 Å². The molecule has 1 aromatic carbocycles. The quantitative estimate of drug-likeness (QED) is 0.881. The molecule has 4 nitrogen and oxygen atoms in total. The van der Waals surface area contributed by atoms with E-state index in [0.717, 1.165) is 0 Å². The summed E-state index contributed by atoms with van der Waals surface area (Å²) in [6.45, 7) is 1.99. The molecular weight excluding hydrogens is 240 g/mol. The van der Waals surface area contributed by atoms with Crippen LogP contribution in [0.15, 0.2) is 24.3 Å². The van der Waals surface area contributed by atoms with E-state index < -0.39 is 0 Å². The van der Waals surface area contributed by atoms with Crippen molar-refractivity contribution in [1.82, 2.24) is 5.32 Å². The van der Waals surface area contributed by atoms with E-state index in [1.54, 1.807) is 24.3 Å². The number of nitrogens with one attached hydrogen (secondary N) is 1. The Morgan fingerprint density at radius 3 is 2.89 bits per heavy atom. The number of hydrogen-bond acceptors (Lipinski definition) is 3. The molecule has 1 atom stereocenters. The lowest BCUT2D eigenvalue weighted by atomic mass is 9.80. The van der Waals surface area contributed by atoms with Crippen LogP contribution in [-0.2, 0) is 4.79 Å².